The molecule has 1 saturated carbocycles. The third-order valence-corrected chi connectivity index (χ3v) is 3.59. The van der Waals surface area contributed by atoms with E-state index in [1.54, 1.807) is 13.8 Å². The van der Waals surface area contributed by atoms with E-state index in [1.807, 2.05) is 0 Å². The lowest BCUT2D eigenvalue weighted by Gasteiger charge is -2.08. The van der Waals surface area contributed by atoms with Gasteiger partial charge in [0.25, 0.3) is 0 Å². The summed E-state index contributed by atoms with van der Waals surface area (Å²) in [5, 5.41) is 11.1. The number of carboxylic acid groups (broad SMARTS) is 1. The van der Waals surface area contributed by atoms with Crippen LogP contribution in [0.25, 0.3) is 0 Å². The van der Waals surface area contributed by atoms with E-state index >= 15 is 0 Å². The highest BCUT2D eigenvalue weighted by Crippen LogP contribution is 2.58. The Morgan fingerprint density at radius 1 is 1.21 bits per heavy atom. The lowest BCUT2D eigenvalue weighted by atomic mass is 10.1. The fourth-order valence-corrected chi connectivity index (χ4v) is 2.41. The van der Waals surface area contributed by atoms with E-state index < -0.39 is 46.4 Å². The molecule has 1 aromatic rings. The normalized spacial score (nSPS) is 23.8. The van der Waals surface area contributed by atoms with Crippen molar-refractivity contribution in [1.82, 2.24) is 0 Å². The first kappa shape index (κ1) is 13.5. The van der Waals surface area contributed by atoms with Gasteiger partial charge in [0.1, 0.15) is 17.3 Å². The summed E-state index contributed by atoms with van der Waals surface area (Å²) < 4.78 is 26.7. The van der Waals surface area contributed by atoms with Gasteiger partial charge in [-0.2, -0.15) is 0 Å². The first-order chi connectivity index (χ1) is 8.76. The number of anilines is 1. The van der Waals surface area contributed by atoms with Crippen LogP contribution in [0.3, 0.4) is 0 Å². The smallest absolute Gasteiger partial charge is 0.307 e. The minimum absolute atomic E-state index is 0.542. The monoisotopic (exact) mass is 269 g/mol. The summed E-state index contributed by atoms with van der Waals surface area (Å²) in [7, 11) is 0. The molecule has 2 N–H and O–H groups in total. The van der Waals surface area contributed by atoms with Gasteiger partial charge >= 0.3 is 5.97 Å². The number of carbonyl (C=O) groups is 2. The molecule has 1 aliphatic rings. The fraction of sp³-hybridized carbons (Fsp3) is 0.385. The zero-order chi connectivity index (χ0) is 14.4. The molecule has 0 radical (unpaired) electrons. The SMILES string of the molecule is CC1(C)C(C(=O)O)C1C(=O)Nc1c(F)cccc1F. The predicted octanol–water partition coefficient (Wildman–Crippen LogP) is 2.26. The van der Waals surface area contributed by atoms with Crippen molar-refractivity contribution >= 4 is 17.6 Å². The Labute approximate surface area is 108 Å². The van der Waals surface area contributed by atoms with Gasteiger partial charge in [0.05, 0.1) is 11.8 Å². The molecule has 2 rings (SSSR count). The summed E-state index contributed by atoms with van der Waals surface area (Å²) in [5.74, 6) is -5.16. The van der Waals surface area contributed by atoms with Gasteiger partial charge < -0.3 is 10.4 Å². The average molecular weight is 269 g/mol. The first-order valence-electron chi connectivity index (χ1n) is 5.74. The van der Waals surface area contributed by atoms with Gasteiger partial charge in [0.2, 0.25) is 5.91 Å². The molecule has 0 aromatic heterocycles. The molecule has 4 nitrogen and oxygen atoms in total. The Balaban J connectivity index is 2.18. The zero-order valence-electron chi connectivity index (χ0n) is 10.4. The standard InChI is InChI=1S/C13H13F2NO3/c1-13(2)8(9(13)12(18)19)11(17)16-10-6(14)4-3-5-7(10)15/h3-5,8-9H,1-2H3,(H,16,17)(H,18,19). The zero-order valence-corrected chi connectivity index (χ0v) is 10.4. The van der Waals surface area contributed by atoms with Gasteiger partial charge in [-0.15, -0.1) is 0 Å². The molecule has 1 aliphatic carbocycles. The quantitative estimate of drug-likeness (QED) is 0.884. The van der Waals surface area contributed by atoms with E-state index in [1.165, 1.54) is 6.07 Å². The summed E-state index contributed by atoms with van der Waals surface area (Å²) in [6.07, 6.45) is 0. The molecule has 2 atom stereocenters. The first-order valence-corrected chi connectivity index (χ1v) is 5.74. The van der Waals surface area contributed by atoms with E-state index in [0.29, 0.717) is 0 Å². The Bertz CT molecular complexity index is 537. The summed E-state index contributed by atoms with van der Waals surface area (Å²) in [5.41, 5.74) is -1.25. The third kappa shape index (κ3) is 2.18. The van der Waals surface area contributed by atoms with E-state index in [2.05, 4.69) is 5.32 Å². The molecule has 0 saturated heterocycles. The van der Waals surface area contributed by atoms with Crippen molar-refractivity contribution in [2.24, 2.45) is 17.3 Å². The maximum Gasteiger partial charge on any atom is 0.307 e. The van der Waals surface area contributed by atoms with E-state index in [0.717, 1.165) is 12.1 Å². The minimum atomic E-state index is -1.08. The number of amides is 1. The van der Waals surface area contributed by atoms with Crippen molar-refractivity contribution in [3.05, 3.63) is 29.8 Å². The van der Waals surface area contributed by atoms with Crippen molar-refractivity contribution in [1.29, 1.82) is 0 Å². The topological polar surface area (TPSA) is 66.4 Å². The molecule has 0 bridgehead atoms. The maximum absolute atomic E-state index is 13.4. The number of benzene rings is 1. The summed E-state index contributed by atoms with van der Waals surface area (Å²) in [4.78, 5) is 22.9. The van der Waals surface area contributed by atoms with Gasteiger partial charge in [-0.05, 0) is 17.5 Å². The van der Waals surface area contributed by atoms with Crippen LogP contribution in [0, 0.1) is 28.9 Å². The highest BCUT2D eigenvalue weighted by atomic mass is 19.1. The van der Waals surface area contributed by atoms with E-state index in [4.69, 9.17) is 5.11 Å². The number of rotatable bonds is 3. The Morgan fingerprint density at radius 3 is 2.16 bits per heavy atom. The van der Waals surface area contributed by atoms with Gasteiger partial charge in [-0.3, -0.25) is 9.59 Å². The number of para-hydroxylation sites is 1. The number of carbonyl (C=O) groups excluding carboxylic acids is 1. The predicted molar refractivity (Wildman–Crippen MR) is 63.4 cm³/mol. The van der Waals surface area contributed by atoms with Crippen molar-refractivity contribution in [3.63, 3.8) is 0 Å². The van der Waals surface area contributed by atoms with Gasteiger partial charge in [-0.1, -0.05) is 19.9 Å². The van der Waals surface area contributed by atoms with Crippen molar-refractivity contribution in [2.45, 2.75) is 13.8 Å². The van der Waals surface area contributed by atoms with Gasteiger partial charge in [0.15, 0.2) is 0 Å². The van der Waals surface area contributed by atoms with E-state index in [-0.39, 0.29) is 0 Å². The van der Waals surface area contributed by atoms with Crippen LogP contribution in [0.1, 0.15) is 13.8 Å². The number of carboxylic acids is 1. The molecule has 1 aromatic carbocycles. The summed E-state index contributed by atoms with van der Waals surface area (Å²) in [6, 6.07) is 3.22. The minimum Gasteiger partial charge on any atom is -0.481 e. The summed E-state index contributed by atoms with van der Waals surface area (Å²) >= 11 is 0. The van der Waals surface area contributed by atoms with Crippen LogP contribution in [-0.2, 0) is 9.59 Å². The lowest BCUT2D eigenvalue weighted by molar-refractivity contribution is -0.140. The molecular formula is C13H13F2NO3. The van der Waals surface area contributed by atoms with Crippen LogP contribution in [0.5, 0.6) is 0 Å². The van der Waals surface area contributed by atoms with Crippen molar-refractivity contribution in [2.75, 3.05) is 5.32 Å². The fourth-order valence-electron chi connectivity index (χ4n) is 2.41. The second-order valence-electron chi connectivity index (χ2n) is 5.20. The molecule has 1 amide bonds. The molecule has 0 aliphatic heterocycles. The Kier molecular flexibility index (Phi) is 3.04. The highest BCUT2D eigenvalue weighted by Gasteiger charge is 2.65. The van der Waals surface area contributed by atoms with Crippen molar-refractivity contribution in [3.8, 4) is 0 Å². The Hall–Kier alpha value is -1.98. The third-order valence-electron chi connectivity index (χ3n) is 3.59. The molecule has 0 heterocycles. The molecule has 19 heavy (non-hydrogen) atoms. The van der Waals surface area contributed by atoms with Crippen LogP contribution in [-0.4, -0.2) is 17.0 Å². The van der Waals surface area contributed by atoms with Gasteiger partial charge in [0, 0.05) is 0 Å². The lowest BCUT2D eigenvalue weighted by Crippen LogP contribution is -2.19. The molecule has 2 unspecified atom stereocenters. The number of nitrogens with one attached hydrogen (secondary N) is 1. The number of hydrogen-bond acceptors (Lipinski definition) is 2. The van der Waals surface area contributed by atoms with E-state index in [9.17, 15) is 18.4 Å². The number of hydrogen-bond donors (Lipinski definition) is 2. The molecule has 6 heteroatoms. The molecule has 1 fully saturated rings. The summed E-state index contributed by atoms with van der Waals surface area (Å²) in [6.45, 7) is 3.27. The Morgan fingerprint density at radius 2 is 1.74 bits per heavy atom. The number of aliphatic carboxylic acids is 1. The second-order valence-corrected chi connectivity index (χ2v) is 5.20. The molecule has 0 spiro atoms. The number of halogens is 2. The van der Waals surface area contributed by atoms with Crippen LogP contribution < -0.4 is 5.32 Å². The van der Waals surface area contributed by atoms with Crippen LogP contribution in [0.4, 0.5) is 14.5 Å². The van der Waals surface area contributed by atoms with Crippen molar-refractivity contribution < 1.29 is 23.5 Å². The van der Waals surface area contributed by atoms with Crippen LogP contribution >= 0.6 is 0 Å². The van der Waals surface area contributed by atoms with Crippen LogP contribution in [0.15, 0.2) is 18.2 Å². The largest absolute Gasteiger partial charge is 0.481 e. The highest BCUT2D eigenvalue weighted by molar-refractivity contribution is 5.99. The molecule has 102 valence electrons. The molecular weight excluding hydrogens is 256 g/mol. The average Bonchev–Trinajstić information content (AvgIpc) is 2.87. The maximum atomic E-state index is 13.4. The van der Waals surface area contributed by atoms with Gasteiger partial charge in [-0.25, -0.2) is 8.78 Å². The second kappa shape index (κ2) is 4.29. The van der Waals surface area contributed by atoms with Crippen LogP contribution in [0.2, 0.25) is 0 Å².